The molecule has 2 aromatic rings. The van der Waals surface area contributed by atoms with Gasteiger partial charge in [0, 0.05) is 20.8 Å². The van der Waals surface area contributed by atoms with Crippen LogP contribution in [0.3, 0.4) is 0 Å². The summed E-state index contributed by atoms with van der Waals surface area (Å²) < 4.78 is 0. The fourth-order valence-corrected chi connectivity index (χ4v) is 2.03. The molecule has 1 aromatic heterocycles. The third kappa shape index (κ3) is 1.38. The molecule has 0 aliphatic carbocycles. The summed E-state index contributed by atoms with van der Waals surface area (Å²) in [4.78, 5) is 1.17. The van der Waals surface area contributed by atoms with Gasteiger partial charge in [-0.3, -0.25) is 0 Å². The van der Waals surface area contributed by atoms with Crippen LogP contribution in [0, 0.1) is 5.38 Å². The zero-order valence-corrected chi connectivity index (χ0v) is 7.82. The van der Waals surface area contributed by atoms with Crippen LogP contribution < -0.4 is 0 Å². The predicted octanol–water partition coefficient (Wildman–Crippen LogP) is 3.87. The Hall–Kier alpha value is -0.790. The van der Waals surface area contributed by atoms with Crippen molar-refractivity contribution in [3.8, 4) is 10.4 Å². The second-order valence-electron chi connectivity index (χ2n) is 2.40. The van der Waals surface area contributed by atoms with Crippen LogP contribution >= 0.6 is 22.9 Å². The van der Waals surface area contributed by atoms with E-state index in [1.807, 2.05) is 36.4 Å². The van der Waals surface area contributed by atoms with Crippen LogP contribution in [0.15, 0.2) is 36.4 Å². The lowest BCUT2D eigenvalue weighted by Gasteiger charge is -1.98. The molecule has 0 bridgehead atoms. The first-order valence-corrected chi connectivity index (χ1v) is 4.78. The SMILES string of the molecule is Clc1ccccc1-c1cc[c]s1. The molecule has 2 heteroatoms. The van der Waals surface area contributed by atoms with Gasteiger partial charge in [-0.05, 0) is 18.2 Å². The van der Waals surface area contributed by atoms with Crippen molar-refractivity contribution in [1.82, 2.24) is 0 Å². The number of hydrogen-bond donors (Lipinski definition) is 0. The molecule has 2 rings (SSSR count). The van der Waals surface area contributed by atoms with E-state index in [2.05, 4.69) is 5.38 Å². The monoisotopic (exact) mass is 193 g/mol. The molecule has 0 saturated heterocycles. The van der Waals surface area contributed by atoms with Crippen molar-refractivity contribution in [2.45, 2.75) is 0 Å². The molecule has 0 N–H and O–H groups in total. The standard InChI is InChI=1S/C10H6ClS/c11-9-5-2-1-4-8(9)10-6-3-7-12-10/h1-6H. The summed E-state index contributed by atoms with van der Waals surface area (Å²) in [6.45, 7) is 0. The lowest BCUT2D eigenvalue weighted by atomic mass is 10.2. The maximum atomic E-state index is 6.01. The topological polar surface area (TPSA) is 0 Å². The molecule has 0 spiro atoms. The third-order valence-electron chi connectivity index (χ3n) is 1.61. The molecule has 0 unspecified atom stereocenters. The van der Waals surface area contributed by atoms with Crippen LogP contribution in [0.4, 0.5) is 0 Å². The fourth-order valence-electron chi connectivity index (χ4n) is 1.05. The second kappa shape index (κ2) is 3.30. The molecule has 1 radical (unpaired) electrons. The van der Waals surface area contributed by atoms with Crippen molar-refractivity contribution in [1.29, 1.82) is 0 Å². The summed E-state index contributed by atoms with van der Waals surface area (Å²) >= 11 is 7.59. The molecule has 0 nitrogen and oxygen atoms in total. The molecule has 0 aliphatic rings. The molecule has 1 heterocycles. The fraction of sp³-hybridized carbons (Fsp3) is 0. The normalized spacial score (nSPS) is 10.1. The Kier molecular flexibility index (Phi) is 2.15. The molecule has 1 aromatic carbocycles. The van der Waals surface area contributed by atoms with Gasteiger partial charge in [0.25, 0.3) is 0 Å². The lowest BCUT2D eigenvalue weighted by Crippen LogP contribution is -1.72. The molecule has 0 aliphatic heterocycles. The number of benzene rings is 1. The Morgan fingerprint density at radius 3 is 2.67 bits per heavy atom. The minimum atomic E-state index is 0.799. The number of halogens is 1. The van der Waals surface area contributed by atoms with Gasteiger partial charge >= 0.3 is 0 Å². The Morgan fingerprint density at radius 2 is 2.00 bits per heavy atom. The highest BCUT2D eigenvalue weighted by Gasteiger charge is 2.01. The van der Waals surface area contributed by atoms with Crippen LogP contribution in [-0.2, 0) is 0 Å². The van der Waals surface area contributed by atoms with Gasteiger partial charge in [-0.1, -0.05) is 29.8 Å². The van der Waals surface area contributed by atoms with E-state index >= 15 is 0 Å². The highest BCUT2D eigenvalue weighted by atomic mass is 35.5. The summed E-state index contributed by atoms with van der Waals surface area (Å²) in [5, 5.41) is 3.84. The lowest BCUT2D eigenvalue weighted by molar-refractivity contribution is 1.70. The second-order valence-corrected chi connectivity index (χ2v) is 3.68. The van der Waals surface area contributed by atoms with E-state index in [0.717, 1.165) is 10.6 Å². The van der Waals surface area contributed by atoms with E-state index in [1.165, 1.54) is 4.88 Å². The van der Waals surface area contributed by atoms with Crippen LogP contribution in [0.2, 0.25) is 5.02 Å². The smallest absolute Gasteiger partial charge is 0.0492 e. The van der Waals surface area contributed by atoms with Crippen LogP contribution in [0.5, 0.6) is 0 Å². The highest BCUT2D eigenvalue weighted by molar-refractivity contribution is 7.13. The van der Waals surface area contributed by atoms with Gasteiger partial charge in [-0.2, -0.15) is 0 Å². The molecule has 0 amide bonds. The van der Waals surface area contributed by atoms with E-state index in [1.54, 1.807) is 11.3 Å². The van der Waals surface area contributed by atoms with Gasteiger partial charge in [0.2, 0.25) is 0 Å². The van der Waals surface area contributed by atoms with Crippen molar-refractivity contribution >= 4 is 22.9 Å². The number of thiophene rings is 1. The third-order valence-corrected chi connectivity index (χ3v) is 2.77. The van der Waals surface area contributed by atoms with Gasteiger partial charge in [0.15, 0.2) is 0 Å². The van der Waals surface area contributed by atoms with Crippen molar-refractivity contribution in [3.05, 3.63) is 46.8 Å². The van der Waals surface area contributed by atoms with E-state index in [9.17, 15) is 0 Å². The molecule has 0 saturated carbocycles. The molecule has 0 fully saturated rings. The minimum absolute atomic E-state index is 0.799. The zero-order chi connectivity index (χ0) is 8.39. The number of hydrogen-bond acceptors (Lipinski definition) is 1. The van der Waals surface area contributed by atoms with Gasteiger partial charge in [-0.15, -0.1) is 11.3 Å². The van der Waals surface area contributed by atoms with Crippen LogP contribution in [-0.4, -0.2) is 0 Å². The van der Waals surface area contributed by atoms with Crippen molar-refractivity contribution < 1.29 is 0 Å². The zero-order valence-electron chi connectivity index (χ0n) is 6.25. The average Bonchev–Trinajstić information content (AvgIpc) is 2.57. The Labute approximate surface area is 80.4 Å². The quantitative estimate of drug-likeness (QED) is 0.645. The van der Waals surface area contributed by atoms with E-state index in [4.69, 9.17) is 11.6 Å². The molecule has 59 valence electrons. The number of rotatable bonds is 1. The van der Waals surface area contributed by atoms with E-state index in [-0.39, 0.29) is 0 Å². The van der Waals surface area contributed by atoms with Gasteiger partial charge < -0.3 is 0 Å². The molecule has 12 heavy (non-hydrogen) atoms. The molecular formula is C10H6ClS. The van der Waals surface area contributed by atoms with Crippen molar-refractivity contribution in [3.63, 3.8) is 0 Å². The summed E-state index contributed by atoms with van der Waals surface area (Å²) in [5.41, 5.74) is 1.09. The summed E-state index contributed by atoms with van der Waals surface area (Å²) in [6, 6.07) is 11.8. The van der Waals surface area contributed by atoms with Crippen molar-refractivity contribution in [2.24, 2.45) is 0 Å². The first kappa shape index (κ1) is 7.84. The van der Waals surface area contributed by atoms with Gasteiger partial charge in [0.1, 0.15) is 0 Å². The first-order chi connectivity index (χ1) is 5.88. The van der Waals surface area contributed by atoms with Gasteiger partial charge in [0.05, 0.1) is 0 Å². The predicted molar refractivity (Wildman–Crippen MR) is 53.6 cm³/mol. The Bertz CT molecular complexity index is 365. The Balaban J connectivity index is 2.55. The minimum Gasteiger partial charge on any atom is -0.134 e. The Morgan fingerprint density at radius 1 is 1.17 bits per heavy atom. The van der Waals surface area contributed by atoms with Crippen LogP contribution in [0.1, 0.15) is 0 Å². The largest absolute Gasteiger partial charge is 0.134 e. The maximum absolute atomic E-state index is 6.01. The summed E-state index contributed by atoms with van der Waals surface area (Å²) in [7, 11) is 0. The van der Waals surface area contributed by atoms with Gasteiger partial charge in [-0.25, -0.2) is 0 Å². The molecule has 0 atom stereocenters. The van der Waals surface area contributed by atoms with E-state index < -0.39 is 0 Å². The maximum Gasteiger partial charge on any atom is 0.0492 e. The summed E-state index contributed by atoms with van der Waals surface area (Å²) in [6.07, 6.45) is 0. The summed E-state index contributed by atoms with van der Waals surface area (Å²) in [5.74, 6) is 0. The van der Waals surface area contributed by atoms with E-state index in [0.29, 0.717) is 0 Å². The average molecular weight is 194 g/mol. The first-order valence-electron chi connectivity index (χ1n) is 3.59. The highest BCUT2D eigenvalue weighted by Crippen LogP contribution is 2.30. The van der Waals surface area contributed by atoms with Crippen molar-refractivity contribution in [2.75, 3.05) is 0 Å². The molecular weight excluding hydrogens is 188 g/mol. The van der Waals surface area contributed by atoms with Crippen LogP contribution in [0.25, 0.3) is 10.4 Å².